The molecule has 1 aromatic carbocycles. The molecule has 3 aromatic rings. The summed E-state index contributed by atoms with van der Waals surface area (Å²) in [6, 6.07) is 10.3. The van der Waals surface area contributed by atoms with Crippen LogP contribution in [-0.2, 0) is 12.8 Å². The predicted octanol–water partition coefficient (Wildman–Crippen LogP) is 2.99. The maximum absolute atomic E-state index is 9.23. The van der Waals surface area contributed by atoms with Gasteiger partial charge in [0.2, 0.25) is 0 Å². The number of nitrogens with one attached hydrogen (secondary N) is 1. The molecule has 24 heavy (non-hydrogen) atoms. The number of aliphatic hydroxyl groups is 1. The lowest BCUT2D eigenvalue weighted by Crippen LogP contribution is -2.17. The van der Waals surface area contributed by atoms with Gasteiger partial charge in [-0.3, -0.25) is 0 Å². The zero-order valence-electron chi connectivity index (χ0n) is 13.9. The van der Waals surface area contributed by atoms with E-state index in [1.54, 1.807) is 0 Å². The summed E-state index contributed by atoms with van der Waals surface area (Å²) in [6.45, 7) is 2.65. The van der Waals surface area contributed by atoms with Crippen LogP contribution in [-0.4, -0.2) is 32.9 Å². The Kier molecular flexibility index (Phi) is 3.94. The molecule has 5 heteroatoms. The van der Waals surface area contributed by atoms with Crippen molar-refractivity contribution in [1.29, 1.82) is 0 Å². The van der Waals surface area contributed by atoms with Crippen molar-refractivity contribution in [3.8, 4) is 11.1 Å². The molecule has 1 aliphatic carbocycles. The highest BCUT2D eigenvalue weighted by molar-refractivity contribution is 5.81. The molecular formula is C19H22N4O. The van der Waals surface area contributed by atoms with Crippen molar-refractivity contribution in [2.75, 3.05) is 18.5 Å². The fourth-order valence-corrected chi connectivity index (χ4v) is 3.60. The molecule has 124 valence electrons. The van der Waals surface area contributed by atoms with Gasteiger partial charge in [-0.2, -0.15) is 9.61 Å². The van der Waals surface area contributed by atoms with Crippen LogP contribution in [0, 0.1) is 6.92 Å². The van der Waals surface area contributed by atoms with E-state index in [9.17, 15) is 5.11 Å². The van der Waals surface area contributed by atoms with Gasteiger partial charge in [0, 0.05) is 23.4 Å². The number of nitrogens with zero attached hydrogens (tertiary/aromatic N) is 3. The highest BCUT2D eigenvalue weighted by Gasteiger charge is 2.22. The summed E-state index contributed by atoms with van der Waals surface area (Å²) in [5.74, 6) is 0.994. The van der Waals surface area contributed by atoms with Gasteiger partial charge in [-0.15, -0.1) is 0 Å². The Bertz CT molecular complexity index is 870. The zero-order valence-corrected chi connectivity index (χ0v) is 13.9. The fraction of sp³-hybridized carbons (Fsp3) is 0.368. The second-order valence-electron chi connectivity index (χ2n) is 6.30. The van der Waals surface area contributed by atoms with Crippen LogP contribution in [0.4, 0.5) is 5.82 Å². The average Bonchev–Trinajstić information content (AvgIpc) is 2.95. The number of rotatable bonds is 4. The minimum atomic E-state index is 0.102. The summed E-state index contributed by atoms with van der Waals surface area (Å²) >= 11 is 0. The summed E-state index contributed by atoms with van der Waals surface area (Å²) in [7, 11) is 0. The first-order chi connectivity index (χ1) is 11.8. The first-order valence-electron chi connectivity index (χ1n) is 8.61. The van der Waals surface area contributed by atoms with E-state index in [0.29, 0.717) is 6.54 Å². The first-order valence-corrected chi connectivity index (χ1v) is 8.61. The lowest BCUT2D eigenvalue weighted by Gasteiger charge is -2.20. The van der Waals surface area contributed by atoms with Crippen LogP contribution in [0.2, 0.25) is 0 Å². The van der Waals surface area contributed by atoms with Crippen molar-refractivity contribution >= 4 is 11.5 Å². The smallest absolute Gasteiger partial charge is 0.165 e. The van der Waals surface area contributed by atoms with Crippen molar-refractivity contribution in [2.24, 2.45) is 0 Å². The van der Waals surface area contributed by atoms with Crippen LogP contribution < -0.4 is 5.32 Å². The Hall–Kier alpha value is -2.40. The van der Waals surface area contributed by atoms with Crippen molar-refractivity contribution in [3.63, 3.8) is 0 Å². The number of aryl methyl sites for hydroxylation is 2. The van der Waals surface area contributed by atoms with Crippen molar-refractivity contribution in [2.45, 2.75) is 32.6 Å². The van der Waals surface area contributed by atoms with E-state index in [0.717, 1.165) is 41.1 Å². The third kappa shape index (κ3) is 2.45. The van der Waals surface area contributed by atoms with Crippen LogP contribution in [0.3, 0.4) is 0 Å². The van der Waals surface area contributed by atoms with E-state index in [4.69, 9.17) is 10.1 Å². The van der Waals surface area contributed by atoms with Gasteiger partial charge < -0.3 is 10.4 Å². The normalized spacial score (nSPS) is 13.9. The molecule has 1 aliphatic rings. The highest BCUT2D eigenvalue weighted by Crippen LogP contribution is 2.33. The summed E-state index contributed by atoms with van der Waals surface area (Å²) in [4.78, 5) is 4.98. The molecule has 0 amide bonds. The van der Waals surface area contributed by atoms with Crippen molar-refractivity contribution < 1.29 is 5.11 Å². The Morgan fingerprint density at radius 3 is 2.75 bits per heavy atom. The summed E-state index contributed by atoms with van der Waals surface area (Å²) < 4.78 is 1.93. The lowest BCUT2D eigenvalue weighted by molar-refractivity contribution is 0.311. The van der Waals surface area contributed by atoms with Gasteiger partial charge in [0.1, 0.15) is 5.82 Å². The van der Waals surface area contributed by atoms with Gasteiger partial charge in [-0.25, -0.2) is 4.98 Å². The Balaban J connectivity index is 1.98. The molecule has 0 spiro atoms. The minimum absolute atomic E-state index is 0.102. The van der Waals surface area contributed by atoms with Crippen LogP contribution in [0.25, 0.3) is 16.8 Å². The fourth-order valence-electron chi connectivity index (χ4n) is 3.60. The van der Waals surface area contributed by atoms with E-state index in [-0.39, 0.29) is 6.61 Å². The summed E-state index contributed by atoms with van der Waals surface area (Å²) in [5, 5.41) is 17.4. The van der Waals surface area contributed by atoms with Crippen LogP contribution in [0.5, 0.6) is 0 Å². The minimum Gasteiger partial charge on any atom is -0.395 e. The summed E-state index contributed by atoms with van der Waals surface area (Å²) in [6.07, 6.45) is 4.40. The topological polar surface area (TPSA) is 62.5 Å². The summed E-state index contributed by atoms with van der Waals surface area (Å²) in [5.41, 5.74) is 6.54. The van der Waals surface area contributed by atoms with E-state index in [1.165, 1.54) is 24.1 Å². The molecule has 0 saturated heterocycles. The number of aromatic nitrogens is 3. The van der Waals surface area contributed by atoms with Gasteiger partial charge in [-0.05, 0) is 38.2 Å². The van der Waals surface area contributed by atoms with Crippen molar-refractivity contribution in [1.82, 2.24) is 14.6 Å². The van der Waals surface area contributed by atoms with Gasteiger partial charge >= 0.3 is 0 Å². The van der Waals surface area contributed by atoms with Crippen LogP contribution >= 0.6 is 0 Å². The monoisotopic (exact) mass is 322 g/mol. The number of aliphatic hydroxyl groups excluding tert-OH is 1. The molecular weight excluding hydrogens is 300 g/mol. The van der Waals surface area contributed by atoms with Gasteiger partial charge in [0.25, 0.3) is 0 Å². The number of hydrogen-bond acceptors (Lipinski definition) is 4. The van der Waals surface area contributed by atoms with Gasteiger partial charge in [0.15, 0.2) is 5.65 Å². The lowest BCUT2D eigenvalue weighted by atomic mass is 9.96. The molecule has 0 aliphatic heterocycles. The molecule has 0 saturated carbocycles. The Morgan fingerprint density at radius 1 is 1.17 bits per heavy atom. The number of benzene rings is 1. The molecule has 0 fully saturated rings. The SMILES string of the molecule is Cc1nn2c(NCCO)c3c(nc2c1-c1ccccc1)CCCC3. The Labute approximate surface area is 141 Å². The molecule has 2 aromatic heterocycles. The maximum Gasteiger partial charge on any atom is 0.165 e. The molecule has 5 nitrogen and oxygen atoms in total. The van der Waals surface area contributed by atoms with Crippen molar-refractivity contribution in [3.05, 3.63) is 47.3 Å². The molecule has 0 atom stereocenters. The molecule has 4 rings (SSSR count). The number of anilines is 1. The largest absolute Gasteiger partial charge is 0.395 e. The van der Waals surface area contributed by atoms with E-state index in [2.05, 4.69) is 17.4 Å². The quantitative estimate of drug-likeness (QED) is 0.775. The predicted molar refractivity (Wildman–Crippen MR) is 95.4 cm³/mol. The first kappa shape index (κ1) is 15.1. The van der Waals surface area contributed by atoms with E-state index >= 15 is 0 Å². The molecule has 0 unspecified atom stereocenters. The molecule has 2 heterocycles. The molecule has 0 radical (unpaired) electrons. The maximum atomic E-state index is 9.23. The molecule has 0 bridgehead atoms. The molecule has 2 N–H and O–H groups in total. The zero-order chi connectivity index (χ0) is 16.5. The van der Waals surface area contributed by atoms with Gasteiger partial charge in [0.05, 0.1) is 12.3 Å². The number of fused-ring (bicyclic) bond motifs is 2. The average molecular weight is 322 g/mol. The van der Waals surface area contributed by atoms with E-state index in [1.807, 2.05) is 29.6 Å². The standard InChI is InChI=1S/C19H22N4O/c1-13-17(14-7-3-2-4-8-14)19-21-16-10-6-5-9-15(16)18(20-11-12-24)23(19)22-13/h2-4,7-8,20,24H,5-6,9-12H2,1H3. The third-order valence-corrected chi connectivity index (χ3v) is 4.68. The number of hydrogen-bond donors (Lipinski definition) is 2. The van der Waals surface area contributed by atoms with Gasteiger partial charge in [-0.1, -0.05) is 30.3 Å². The van der Waals surface area contributed by atoms with Crippen LogP contribution in [0.15, 0.2) is 30.3 Å². The Morgan fingerprint density at radius 2 is 1.96 bits per heavy atom. The second kappa shape index (κ2) is 6.24. The van der Waals surface area contributed by atoms with E-state index < -0.39 is 0 Å². The second-order valence-corrected chi connectivity index (χ2v) is 6.30. The van der Waals surface area contributed by atoms with Crippen LogP contribution in [0.1, 0.15) is 29.8 Å². The third-order valence-electron chi connectivity index (χ3n) is 4.68. The highest BCUT2D eigenvalue weighted by atomic mass is 16.3.